The predicted octanol–water partition coefficient (Wildman–Crippen LogP) is 2.42. The number of hydrogen-bond acceptors (Lipinski definition) is 2. The average Bonchev–Trinajstić information content (AvgIpc) is 2.02. The highest BCUT2D eigenvalue weighted by molar-refractivity contribution is 5.87. The second kappa shape index (κ2) is 7.68. The largest absolute Gasteiger partial charge is 0.478 e. The third-order valence-electron chi connectivity index (χ3n) is 1.89. The zero-order chi connectivity index (χ0) is 10.4. The van der Waals surface area contributed by atoms with Crippen molar-refractivity contribution in [3.05, 3.63) is 11.3 Å². The molecule has 2 N–H and O–H groups in total. The Morgan fingerprint density at radius 2 is 1.93 bits per heavy atom. The molecule has 0 saturated carbocycles. The van der Waals surface area contributed by atoms with Crippen LogP contribution in [0.25, 0.3) is 0 Å². The highest BCUT2D eigenvalue weighted by atomic mass is 35.5. The molecule has 0 unspecified atom stereocenters. The van der Waals surface area contributed by atoms with E-state index in [4.69, 9.17) is 5.11 Å². The summed E-state index contributed by atoms with van der Waals surface area (Å²) >= 11 is 0. The van der Waals surface area contributed by atoms with Crippen LogP contribution in [-0.2, 0) is 4.79 Å². The number of hydrogen-bond donors (Lipinski definition) is 2. The molecule has 0 fully saturated rings. The van der Waals surface area contributed by atoms with Gasteiger partial charge >= 0.3 is 5.97 Å². The van der Waals surface area contributed by atoms with Gasteiger partial charge in [0.2, 0.25) is 0 Å². The summed E-state index contributed by atoms with van der Waals surface area (Å²) in [6, 6.07) is 0. The Morgan fingerprint density at radius 3 is 2.14 bits per heavy atom. The average molecular weight is 222 g/mol. The lowest BCUT2D eigenvalue weighted by Crippen LogP contribution is -2.15. The van der Waals surface area contributed by atoms with Gasteiger partial charge in [-0.05, 0) is 18.8 Å². The summed E-state index contributed by atoms with van der Waals surface area (Å²) in [6.45, 7) is 6.01. The van der Waals surface area contributed by atoms with E-state index in [1.807, 2.05) is 6.92 Å². The van der Waals surface area contributed by atoms with Gasteiger partial charge in [-0.3, -0.25) is 0 Å². The first-order valence-corrected chi connectivity index (χ1v) is 4.65. The molecule has 0 saturated heterocycles. The minimum absolute atomic E-state index is 0. The van der Waals surface area contributed by atoms with Gasteiger partial charge in [0.15, 0.2) is 0 Å². The van der Waals surface area contributed by atoms with Gasteiger partial charge in [-0.15, -0.1) is 12.4 Å². The van der Waals surface area contributed by atoms with Crippen LogP contribution < -0.4 is 5.32 Å². The van der Waals surface area contributed by atoms with E-state index in [0.29, 0.717) is 17.9 Å². The van der Waals surface area contributed by atoms with Gasteiger partial charge in [-0.2, -0.15) is 0 Å². The van der Waals surface area contributed by atoms with Crippen molar-refractivity contribution in [2.75, 3.05) is 7.05 Å². The molecule has 0 rings (SSSR count). The van der Waals surface area contributed by atoms with Crippen LogP contribution in [0.1, 0.15) is 33.6 Å². The maximum atomic E-state index is 10.8. The van der Waals surface area contributed by atoms with Gasteiger partial charge in [-0.1, -0.05) is 20.8 Å². The summed E-state index contributed by atoms with van der Waals surface area (Å²) in [5, 5.41) is 11.9. The number of nitrogens with one attached hydrogen (secondary N) is 1. The fraction of sp³-hybridized carbons (Fsp3) is 0.700. The summed E-state index contributed by atoms with van der Waals surface area (Å²) in [6.07, 6.45) is 1.37. The summed E-state index contributed by atoms with van der Waals surface area (Å²) in [7, 11) is 1.77. The van der Waals surface area contributed by atoms with Crippen LogP contribution in [0.3, 0.4) is 0 Å². The molecular formula is C10H20ClNO2. The molecule has 0 spiro atoms. The zero-order valence-electron chi connectivity index (χ0n) is 9.26. The summed E-state index contributed by atoms with van der Waals surface area (Å²) in [4.78, 5) is 10.8. The van der Waals surface area contributed by atoms with E-state index in [1.165, 1.54) is 0 Å². The van der Waals surface area contributed by atoms with Crippen LogP contribution in [0.15, 0.2) is 11.3 Å². The molecule has 4 heteroatoms. The van der Waals surface area contributed by atoms with Crippen molar-refractivity contribution in [2.45, 2.75) is 33.6 Å². The molecule has 0 heterocycles. The van der Waals surface area contributed by atoms with Crippen LogP contribution in [-0.4, -0.2) is 18.1 Å². The molecule has 0 aliphatic rings. The Labute approximate surface area is 92.0 Å². The zero-order valence-corrected chi connectivity index (χ0v) is 10.1. The Balaban J connectivity index is 0. The van der Waals surface area contributed by atoms with Crippen LogP contribution in [0.2, 0.25) is 0 Å². The standard InChI is InChI=1S/C10H19NO2.ClH/c1-5-8(10(12)13)9(11-4)6-7(2)3;/h7,11H,5-6H2,1-4H3,(H,12,13);1H. The van der Waals surface area contributed by atoms with E-state index in [1.54, 1.807) is 7.05 Å². The minimum Gasteiger partial charge on any atom is -0.478 e. The van der Waals surface area contributed by atoms with Gasteiger partial charge < -0.3 is 10.4 Å². The lowest BCUT2D eigenvalue weighted by molar-refractivity contribution is -0.132. The van der Waals surface area contributed by atoms with Crippen molar-refractivity contribution in [3.63, 3.8) is 0 Å². The maximum Gasteiger partial charge on any atom is 0.333 e. The van der Waals surface area contributed by atoms with E-state index in [-0.39, 0.29) is 12.4 Å². The fourth-order valence-corrected chi connectivity index (χ4v) is 1.28. The normalized spacial score (nSPS) is 11.8. The van der Waals surface area contributed by atoms with Crippen LogP contribution in [0, 0.1) is 5.92 Å². The number of carboxylic acid groups (broad SMARTS) is 1. The predicted molar refractivity (Wildman–Crippen MR) is 60.7 cm³/mol. The third kappa shape index (κ3) is 5.12. The Hall–Kier alpha value is -0.700. The van der Waals surface area contributed by atoms with E-state index in [9.17, 15) is 4.79 Å². The van der Waals surface area contributed by atoms with Crippen molar-refractivity contribution in [1.29, 1.82) is 0 Å². The molecule has 0 aromatic heterocycles. The van der Waals surface area contributed by atoms with Crippen LogP contribution >= 0.6 is 12.4 Å². The van der Waals surface area contributed by atoms with Crippen molar-refractivity contribution in [1.82, 2.24) is 5.32 Å². The molecule has 84 valence electrons. The molecule has 0 aliphatic carbocycles. The van der Waals surface area contributed by atoms with Gasteiger partial charge in [0.25, 0.3) is 0 Å². The molecule has 0 bridgehead atoms. The second-order valence-corrected chi connectivity index (χ2v) is 3.46. The van der Waals surface area contributed by atoms with Crippen molar-refractivity contribution >= 4 is 18.4 Å². The molecule has 0 amide bonds. The highest BCUT2D eigenvalue weighted by Crippen LogP contribution is 2.14. The molecule has 0 aliphatic heterocycles. The van der Waals surface area contributed by atoms with Gasteiger partial charge in [0.05, 0.1) is 5.57 Å². The van der Waals surface area contributed by atoms with Gasteiger partial charge in [0, 0.05) is 12.7 Å². The molecule has 0 atom stereocenters. The van der Waals surface area contributed by atoms with E-state index in [2.05, 4.69) is 19.2 Å². The maximum absolute atomic E-state index is 10.8. The Kier molecular flexibility index (Phi) is 8.65. The first kappa shape index (κ1) is 15.8. The van der Waals surface area contributed by atoms with Crippen LogP contribution in [0.4, 0.5) is 0 Å². The molecule has 14 heavy (non-hydrogen) atoms. The molecule has 0 radical (unpaired) electrons. The number of rotatable bonds is 5. The smallest absolute Gasteiger partial charge is 0.333 e. The van der Waals surface area contributed by atoms with Crippen molar-refractivity contribution < 1.29 is 9.90 Å². The number of carbonyl (C=O) groups is 1. The monoisotopic (exact) mass is 221 g/mol. The SMILES string of the molecule is CCC(C(=O)O)=C(CC(C)C)NC.Cl. The minimum atomic E-state index is -0.812. The first-order valence-electron chi connectivity index (χ1n) is 4.65. The summed E-state index contributed by atoms with van der Waals surface area (Å²) in [5.74, 6) is -0.337. The Bertz CT molecular complexity index is 212. The fourth-order valence-electron chi connectivity index (χ4n) is 1.28. The molecular weight excluding hydrogens is 202 g/mol. The number of aliphatic carboxylic acids is 1. The van der Waals surface area contributed by atoms with Gasteiger partial charge in [0.1, 0.15) is 0 Å². The van der Waals surface area contributed by atoms with E-state index < -0.39 is 5.97 Å². The number of allylic oxidation sites excluding steroid dienone is 1. The summed E-state index contributed by atoms with van der Waals surface area (Å²) in [5.41, 5.74) is 1.35. The number of halogens is 1. The Morgan fingerprint density at radius 1 is 1.43 bits per heavy atom. The highest BCUT2D eigenvalue weighted by Gasteiger charge is 2.12. The summed E-state index contributed by atoms with van der Waals surface area (Å²) < 4.78 is 0. The quantitative estimate of drug-likeness (QED) is 0.701. The van der Waals surface area contributed by atoms with Crippen molar-refractivity contribution in [3.8, 4) is 0 Å². The van der Waals surface area contributed by atoms with Gasteiger partial charge in [-0.25, -0.2) is 4.79 Å². The van der Waals surface area contributed by atoms with Crippen LogP contribution in [0.5, 0.6) is 0 Å². The molecule has 3 nitrogen and oxygen atoms in total. The lowest BCUT2D eigenvalue weighted by atomic mass is 10.0. The molecule has 0 aromatic rings. The van der Waals surface area contributed by atoms with E-state index >= 15 is 0 Å². The topological polar surface area (TPSA) is 49.3 Å². The third-order valence-corrected chi connectivity index (χ3v) is 1.89. The lowest BCUT2D eigenvalue weighted by Gasteiger charge is -2.12. The van der Waals surface area contributed by atoms with Crippen molar-refractivity contribution in [2.24, 2.45) is 5.92 Å². The molecule has 0 aromatic carbocycles. The first-order chi connectivity index (χ1) is 6.02. The second-order valence-electron chi connectivity index (χ2n) is 3.46. The number of carboxylic acids is 1. The van der Waals surface area contributed by atoms with E-state index in [0.717, 1.165) is 12.1 Å².